The molecular formula is C18H28O3. The second-order valence-corrected chi connectivity index (χ2v) is 5.77. The molecule has 118 valence electrons. The Kier molecular flexibility index (Phi) is 9.35. The molecule has 0 aliphatic rings. The number of carbonyl (C=O) groups excluding carboxylic acids is 2. The summed E-state index contributed by atoms with van der Waals surface area (Å²) in [6.07, 6.45) is 6.56. The van der Waals surface area contributed by atoms with E-state index in [2.05, 4.69) is 12.7 Å². The Morgan fingerprint density at radius 2 is 1.67 bits per heavy atom. The summed E-state index contributed by atoms with van der Waals surface area (Å²) < 4.78 is 5.06. The maximum absolute atomic E-state index is 11.5. The lowest BCUT2D eigenvalue weighted by Gasteiger charge is -2.06. The van der Waals surface area contributed by atoms with Crippen LogP contribution in [-0.2, 0) is 14.3 Å². The van der Waals surface area contributed by atoms with E-state index in [1.54, 1.807) is 13.0 Å². The zero-order valence-corrected chi connectivity index (χ0v) is 14.0. The third-order valence-electron chi connectivity index (χ3n) is 2.97. The van der Waals surface area contributed by atoms with Crippen molar-refractivity contribution in [2.75, 3.05) is 0 Å². The smallest absolute Gasteiger partial charge is 0.330 e. The molecule has 0 aliphatic heterocycles. The van der Waals surface area contributed by atoms with Crippen molar-refractivity contribution in [3.05, 3.63) is 35.5 Å². The highest BCUT2D eigenvalue weighted by Crippen LogP contribution is 2.12. The van der Waals surface area contributed by atoms with Crippen LogP contribution >= 0.6 is 0 Å². The van der Waals surface area contributed by atoms with Gasteiger partial charge in [0, 0.05) is 12.5 Å². The van der Waals surface area contributed by atoms with Crippen LogP contribution in [0.15, 0.2) is 35.5 Å². The highest BCUT2D eigenvalue weighted by molar-refractivity contribution is 5.94. The molecule has 0 amide bonds. The molecule has 0 aromatic carbocycles. The minimum atomic E-state index is -0.282. The Bertz CT molecular complexity index is 439. The van der Waals surface area contributed by atoms with Crippen LogP contribution in [0.5, 0.6) is 0 Å². The molecular weight excluding hydrogens is 264 g/mol. The van der Waals surface area contributed by atoms with Crippen LogP contribution in [0, 0.1) is 0 Å². The lowest BCUT2D eigenvalue weighted by molar-refractivity contribution is -0.141. The van der Waals surface area contributed by atoms with Gasteiger partial charge in [0.2, 0.25) is 0 Å². The van der Waals surface area contributed by atoms with Crippen LogP contribution in [-0.4, -0.2) is 17.9 Å². The first-order valence-electron chi connectivity index (χ1n) is 7.44. The first-order chi connectivity index (χ1) is 9.72. The van der Waals surface area contributed by atoms with Crippen molar-refractivity contribution in [1.82, 2.24) is 0 Å². The Morgan fingerprint density at radius 3 is 2.19 bits per heavy atom. The summed E-state index contributed by atoms with van der Waals surface area (Å²) >= 11 is 0. The number of carbonyl (C=O) groups is 2. The zero-order chi connectivity index (χ0) is 16.4. The van der Waals surface area contributed by atoms with Gasteiger partial charge in [-0.1, -0.05) is 23.8 Å². The van der Waals surface area contributed by atoms with Gasteiger partial charge in [-0.2, -0.15) is 0 Å². The summed E-state index contributed by atoms with van der Waals surface area (Å²) in [7, 11) is 0. The van der Waals surface area contributed by atoms with Gasteiger partial charge in [0.05, 0.1) is 6.10 Å². The molecule has 0 spiro atoms. The van der Waals surface area contributed by atoms with Gasteiger partial charge < -0.3 is 4.74 Å². The Hall–Kier alpha value is -1.64. The second-order valence-electron chi connectivity index (χ2n) is 5.77. The summed E-state index contributed by atoms with van der Waals surface area (Å²) in [5.41, 5.74) is 2.81. The summed E-state index contributed by atoms with van der Waals surface area (Å²) in [4.78, 5) is 22.9. The van der Waals surface area contributed by atoms with Gasteiger partial charge >= 0.3 is 5.97 Å². The van der Waals surface area contributed by atoms with Crippen molar-refractivity contribution in [3.8, 4) is 0 Å². The molecule has 0 N–H and O–H groups in total. The molecule has 3 heteroatoms. The number of ketones is 1. The van der Waals surface area contributed by atoms with E-state index in [1.165, 1.54) is 5.57 Å². The zero-order valence-electron chi connectivity index (χ0n) is 14.0. The van der Waals surface area contributed by atoms with Gasteiger partial charge in [0.25, 0.3) is 0 Å². The van der Waals surface area contributed by atoms with Crippen LogP contribution < -0.4 is 0 Å². The standard InChI is InChI=1S/C18H28O3/c1-13(2)17(19)11-10-15(5)8-7-9-16(6)12-18(20)21-14(3)4/h8,12,14H,1,7,9-11H2,2-6H3. The third kappa shape index (κ3) is 10.8. The van der Waals surface area contributed by atoms with Crippen molar-refractivity contribution < 1.29 is 14.3 Å². The predicted molar refractivity (Wildman–Crippen MR) is 87.0 cm³/mol. The van der Waals surface area contributed by atoms with Crippen molar-refractivity contribution in [2.24, 2.45) is 0 Å². The average molecular weight is 292 g/mol. The van der Waals surface area contributed by atoms with Crippen molar-refractivity contribution in [3.63, 3.8) is 0 Å². The molecule has 0 heterocycles. The van der Waals surface area contributed by atoms with Gasteiger partial charge in [-0.25, -0.2) is 4.79 Å². The molecule has 0 saturated carbocycles. The van der Waals surface area contributed by atoms with Crippen LogP contribution in [0.3, 0.4) is 0 Å². The maximum atomic E-state index is 11.5. The molecule has 21 heavy (non-hydrogen) atoms. The molecule has 0 aliphatic carbocycles. The number of hydrogen-bond acceptors (Lipinski definition) is 3. The molecule has 0 aromatic heterocycles. The fraction of sp³-hybridized carbons (Fsp3) is 0.556. The number of Topliss-reactive ketones (excluding diaryl/α,β-unsaturated/α-hetero) is 1. The van der Waals surface area contributed by atoms with Crippen LogP contribution in [0.25, 0.3) is 0 Å². The molecule has 0 radical (unpaired) electrons. The van der Waals surface area contributed by atoms with Gasteiger partial charge in [-0.15, -0.1) is 0 Å². The van der Waals surface area contributed by atoms with E-state index in [-0.39, 0.29) is 17.9 Å². The Labute approximate surface area is 128 Å². The number of rotatable bonds is 9. The Morgan fingerprint density at radius 1 is 1.05 bits per heavy atom. The van der Waals surface area contributed by atoms with E-state index >= 15 is 0 Å². The van der Waals surface area contributed by atoms with E-state index < -0.39 is 0 Å². The molecule has 0 unspecified atom stereocenters. The van der Waals surface area contributed by atoms with E-state index in [0.29, 0.717) is 12.0 Å². The summed E-state index contributed by atoms with van der Waals surface area (Å²) in [5.74, 6) is -0.162. The van der Waals surface area contributed by atoms with Gasteiger partial charge in [-0.05, 0) is 59.5 Å². The van der Waals surface area contributed by atoms with Gasteiger partial charge in [0.15, 0.2) is 5.78 Å². The number of ether oxygens (including phenoxy) is 1. The third-order valence-corrected chi connectivity index (χ3v) is 2.97. The monoisotopic (exact) mass is 292 g/mol. The topological polar surface area (TPSA) is 43.4 Å². The summed E-state index contributed by atoms with van der Waals surface area (Å²) in [5, 5.41) is 0. The number of hydrogen-bond donors (Lipinski definition) is 0. The van der Waals surface area contributed by atoms with E-state index in [1.807, 2.05) is 27.7 Å². The van der Waals surface area contributed by atoms with Crippen molar-refractivity contribution in [2.45, 2.75) is 66.4 Å². The summed E-state index contributed by atoms with van der Waals surface area (Å²) in [6.45, 7) is 13.0. The fourth-order valence-corrected chi connectivity index (χ4v) is 1.71. The molecule has 0 atom stereocenters. The van der Waals surface area contributed by atoms with E-state index in [9.17, 15) is 9.59 Å². The fourth-order valence-electron chi connectivity index (χ4n) is 1.71. The largest absolute Gasteiger partial charge is 0.460 e. The van der Waals surface area contributed by atoms with Crippen LogP contribution in [0.2, 0.25) is 0 Å². The van der Waals surface area contributed by atoms with Crippen molar-refractivity contribution in [1.29, 1.82) is 0 Å². The van der Waals surface area contributed by atoms with Crippen molar-refractivity contribution >= 4 is 11.8 Å². The first-order valence-corrected chi connectivity index (χ1v) is 7.44. The lowest BCUT2D eigenvalue weighted by atomic mass is 10.0. The second kappa shape index (κ2) is 10.1. The van der Waals surface area contributed by atoms with Crippen LogP contribution in [0.4, 0.5) is 0 Å². The number of allylic oxidation sites excluding steroid dienone is 4. The highest BCUT2D eigenvalue weighted by atomic mass is 16.5. The maximum Gasteiger partial charge on any atom is 0.330 e. The van der Waals surface area contributed by atoms with E-state index in [4.69, 9.17) is 4.74 Å². The molecule has 3 nitrogen and oxygen atoms in total. The highest BCUT2D eigenvalue weighted by Gasteiger charge is 2.03. The average Bonchev–Trinajstić information content (AvgIpc) is 2.34. The first kappa shape index (κ1) is 19.4. The lowest BCUT2D eigenvalue weighted by Crippen LogP contribution is -2.08. The minimum absolute atomic E-state index is 0.0884. The Balaban J connectivity index is 4.13. The summed E-state index contributed by atoms with van der Waals surface area (Å²) in [6, 6.07) is 0. The number of esters is 1. The molecule has 0 aromatic rings. The molecule has 0 rings (SSSR count). The van der Waals surface area contributed by atoms with Crippen LogP contribution in [0.1, 0.15) is 60.3 Å². The van der Waals surface area contributed by atoms with E-state index in [0.717, 1.165) is 24.8 Å². The normalized spacial score (nSPS) is 12.5. The van der Waals surface area contributed by atoms with Gasteiger partial charge in [0.1, 0.15) is 0 Å². The molecule has 0 fully saturated rings. The SMILES string of the molecule is C=C(C)C(=O)CCC(C)=CCCC(C)=CC(=O)OC(C)C. The minimum Gasteiger partial charge on any atom is -0.460 e. The molecule has 0 bridgehead atoms. The molecule has 0 saturated heterocycles. The quantitative estimate of drug-likeness (QED) is 0.356. The van der Waals surface area contributed by atoms with Gasteiger partial charge in [-0.3, -0.25) is 4.79 Å². The predicted octanol–water partition coefficient (Wildman–Crippen LogP) is 4.54.